The maximum absolute atomic E-state index is 8.78. The van der Waals surface area contributed by atoms with Crippen molar-refractivity contribution in [2.24, 2.45) is 0 Å². The number of H-pyrrole nitrogens is 1. The molecular weight excluding hydrogens is 154 g/mol. The van der Waals surface area contributed by atoms with Crippen LogP contribution in [0.15, 0.2) is 6.20 Å². The molecule has 0 fully saturated rings. The van der Waals surface area contributed by atoms with Crippen LogP contribution < -0.4 is 4.74 Å². The average molecular weight is 165 g/mol. The quantitative estimate of drug-likeness (QED) is 0.716. The molecule has 0 aliphatic heterocycles. The summed E-state index contributed by atoms with van der Waals surface area (Å²) in [5, 5.41) is 8.78. The van der Waals surface area contributed by atoms with Crippen molar-refractivity contribution < 1.29 is 4.74 Å². The fourth-order valence-electron chi connectivity index (χ4n) is 0.786. The summed E-state index contributed by atoms with van der Waals surface area (Å²) in [5.41, 5.74) is 0.134. The smallest absolute Gasteiger partial charge is 0.293 e. The van der Waals surface area contributed by atoms with Gasteiger partial charge in [0.25, 0.3) is 6.01 Å². The van der Waals surface area contributed by atoms with Gasteiger partial charge in [-0.15, -0.1) is 0 Å². The van der Waals surface area contributed by atoms with Crippen molar-refractivity contribution >= 4 is 0 Å². The standard InChI is InChI=1S/C8H11N3O/c1-8(2,5-9)6-4-10-7(11-6)12-3/h4H,1-3H3,(H,10,11). The van der Waals surface area contributed by atoms with E-state index < -0.39 is 5.41 Å². The van der Waals surface area contributed by atoms with Crippen LogP contribution in [-0.2, 0) is 5.41 Å². The second-order valence-electron chi connectivity index (χ2n) is 3.03. The van der Waals surface area contributed by atoms with Gasteiger partial charge in [-0.25, -0.2) is 0 Å². The Kier molecular flexibility index (Phi) is 2.05. The Balaban J connectivity index is 2.98. The van der Waals surface area contributed by atoms with Gasteiger partial charge in [0.15, 0.2) is 0 Å². The minimum atomic E-state index is -0.562. The van der Waals surface area contributed by atoms with Gasteiger partial charge in [-0.05, 0) is 13.8 Å². The van der Waals surface area contributed by atoms with Crippen molar-refractivity contribution in [3.8, 4) is 12.1 Å². The first-order chi connectivity index (χ1) is 5.60. The van der Waals surface area contributed by atoms with E-state index in [4.69, 9.17) is 10.00 Å². The van der Waals surface area contributed by atoms with Gasteiger partial charge in [0, 0.05) is 6.20 Å². The van der Waals surface area contributed by atoms with E-state index in [-0.39, 0.29) is 0 Å². The lowest BCUT2D eigenvalue weighted by Gasteiger charge is -2.09. The molecule has 0 radical (unpaired) electrons. The Labute approximate surface area is 71.2 Å². The summed E-state index contributed by atoms with van der Waals surface area (Å²) in [5.74, 6) is 0. The second kappa shape index (κ2) is 2.86. The van der Waals surface area contributed by atoms with E-state index in [9.17, 15) is 0 Å². The average Bonchev–Trinajstić information content (AvgIpc) is 2.52. The first kappa shape index (κ1) is 8.60. The van der Waals surface area contributed by atoms with Crippen molar-refractivity contribution in [3.63, 3.8) is 0 Å². The van der Waals surface area contributed by atoms with Crippen LogP contribution in [0.25, 0.3) is 0 Å². The topological polar surface area (TPSA) is 61.7 Å². The Hall–Kier alpha value is -1.50. The molecule has 0 bridgehead atoms. The molecule has 64 valence electrons. The van der Waals surface area contributed by atoms with Crippen molar-refractivity contribution in [2.45, 2.75) is 19.3 Å². The largest absolute Gasteiger partial charge is 0.468 e. The molecule has 0 saturated carbocycles. The molecule has 1 heterocycles. The normalized spacial score (nSPS) is 10.8. The molecule has 0 saturated heterocycles. The highest BCUT2D eigenvalue weighted by atomic mass is 16.5. The van der Waals surface area contributed by atoms with Gasteiger partial charge < -0.3 is 9.72 Å². The van der Waals surface area contributed by atoms with E-state index in [0.29, 0.717) is 11.7 Å². The highest BCUT2D eigenvalue weighted by Crippen LogP contribution is 2.21. The van der Waals surface area contributed by atoms with Gasteiger partial charge in [0.2, 0.25) is 0 Å². The summed E-state index contributed by atoms with van der Waals surface area (Å²) < 4.78 is 4.86. The molecule has 1 N–H and O–H groups in total. The van der Waals surface area contributed by atoms with Crippen LogP contribution in [0.4, 0.5) is 0 Å². The van der Waals surface area contributed by atoms with Crippen LogP contribution in [-0.4, -0.2) is 17.1 Å². The van der Waals surface area contributed by atoms with Crippen molar-refractivity contribution in [3.05, 3.63) is 11.9 Å². The maximum atomic E-state index is 8.78. The number of ether oxygens (including phenoxy) is 1. The molecule has 0 spiro atoms. The third kappa shape index (κ3) is 1.40. The first-order valence-electron chi connectivity index (χ1n) is 3.61. The molecule has 1 aromatic heterocycles. The number of hydrogen-bond donors (Lipinski definition) is 1. The number of aromatic amines is 1. The van der Waals surface area contributed by atoms with Crippen LogP contribution in [0.5, 0.6) is 6.01 Å². The zero-order valence-electron chi connectivity index (χ0n) is 7.38. The van der Waals surface area contributed by atoms with E-state index in [1.807, 2.05) is 13.8 Å². The van der Waals surface area contributed by atoms with Gasteiger partial charge >= 0.3 is 0 Å². The number of imidazole rings is 1. The van der Waals surface area contributed by atoms with E-state index in [1.54, 1.807) is 6.20 Å². The van der Waals surface area contributed by atoms with Crippen LogP contribution in [0.2, 0.25) is 0 Å². The van der Waals surface area contributed by atoms with E-state index >= 15 is 0 Å². The molecular formula is C8H11N3O. The Morgan fingerprint density at radius 3 is 2.75 bits per heavy atom. The number of aromatic nitrogens is 2. The molecule has 0 amide bonds. The molecule has 1 aromatic rings. The summed E-state index contributed by atoms with van der Waals surface area (Å²) in [7, 11) is 1.53. The highest BCUT2D eigenvalue weighted by Gasteiger charge is 2.22. The number of methoxy groups -OCH3 is 1. The molecule has 0 aliphatic carbocycles. The number of nitriles is 1. The fraction of sp³-hybridized carbons (Fsp3) is 0.500. The monoisotopic (exact) mass is 165 g/mol. The number of rotatable bonds is 2. The third-order valence-electron chi connectivity index (χ3n) is 1.67. The van der Waals surface area contributed by atoms with Gasteiger partial charge in [-0.1, -0.05) is 0 Å². The predicted octanol–water partition coefficient (Wildman–Crippen LogP) is 1.22. The first-order valence-corrected chi connectivity index (χ1v) is 3.61. The number of hydrogen-bond acceptors (Lipinski definition) is 3. The van der Waals surface area contributed by atoms with Gasteiger partial charge in [-0.2, -0.15) is 10.2 Å². The van der Waals surface area contributed by atoms with Crippen molar-refractivity contribution in [2.75, 3.05) is 7.11 Å². The minimum Gasteiger partial charge on any atom is -0.468 e. The summed E-state index contributed by atoms with van der Waals surface area (Å²) in [6.07, 6.45) is 1.68. The zero-order valence-corrected chi connectivity index (χ0v) is 7.38. The summed E-state index contributed by atoms with van der Waals surface area (Å²) in [4.78, 5) is 6.88. The van der Waals surface area contributed by atoms with Gasteiger partial charge in [-0.3, -0.25) is 0 Å². The Morgan fingerprint density at radius 1 is 1.67 bits per heavy atom. The zero-order chi connectivity index (χ0) is 9.19. The van der Waals surface area contributed by atoms with Crippen LogP contribution in [0.1, 0.15) is 19.5 Å². The lowest BCUT2D eigenvalue weighted by atomic mass is 9.92. The van der Waals surface area contributed by atoms with E-state index in [2.05, 4.69) is 16.0 Å². The summed E-state index contributed by atoms with van der Waals surface area (Å²) in [6.45, 7) is 3.62. The van der Waals surface area contributed by atoms with Crippen molar-refractivity contribution in [1.29, 1.82) is 5.26 Å². The third-order valence-corrected chi connectivity index (χ3v) is 1.67. The Morgan fingerprint density at radius 2 is 2.33 bits per heavy atom. The van der Waals surface area contributed by atoms with Gasteiger partial charge in [0.1, 0.15) is 0 Å². The number of nitrogens with one attached hydrogen (secondary N) is 1. The van der Waals surface area contributed by atoms with Crippen LogP contribution in [0.3, 0.4) is 0 Å². The Bertz CT molecular complexity index is 308. The molecule has 4 nitrogen and oxygen atoms in total. The highest BCUT2D eigenvalue weighted by molar-refractivity contribution is 5.23. The summed E-state index contributed by atoms with van der Waals surface area (Å²) >= 11 is 0. The lowest BCUT2D eigenvalue weighted by molar-refractivity contribution is 0.382. The number of nitrogens with zero attached hydrogens (tertiary/aromatic N) is 2. The van der Waals surface area contributed by atoms with Gasteiger partial charge in [0.05, 0.1) is 24.3 Å². The second-order valence-corrected chi connectivity index (χ2v) is 3.03. The van der Waals surface area contributed by atoms with Crippen LogP contribution in [0, 0.1) is 11.3 Å². The van der Waals surface area contributed by atoms with E-state index in [0.717, 1.165) is 0 Å². The molecule has 0 aromatic carbocycles. The van der Waals surface area contributed by atoms with E-state index in [1.165, 1.54) is 7.11 Å². The molecule has 0 aliphatic rings. The SMILES string of the molecule is COc1nc(C(C)(C)C#N)c[nH]1. The minimum absolute atomic E-state index is 0.438. The van der Waals surface area contributed by atoms with Crippen molar-refractivity contribution in [1.82, 2.24) is 9.97 Å². The van der Waals surface area contributed by atoms with Crippen LogP contribution >= 0.6 is 0 Å². The molecule has 4 heteroatoms. The molecule has 0 unspecified atom stereocenters. The predicted molar refractivity (Wildman–Crippen MR) is 43.8 cm³/mol. The summed E-state index contributed by atoms with van der Waals surface area (Å²) in [6, 6.07) is 2.60. The maximum Gasteiger partial charge on any atom is 0.293 e. The molecule has 1 rings (SSSR count). The lowest BCUT2D eigenvalue weighted by Crippen LogP contribution is -2.14. The molecule has 0 atom stereocenters. The molecule has 12 heavy (non-hydrogen) atoms. The fourth-order valence-corrected chi connectivity index (χ4v) is 0.786.